The molecule has 8 heteroatoms. The standard InChI is InChI=1S/C13H14Cl3NO3S/c1-7(4-8-2-3-8)17-13(18)9-5-12(21(16,19)20)11(15)6-10(9)14/h5-8H,2-4H2,1H3,(H,17,18). The maximum absolute atomic E-state index is 12.2. The van der Waals surface area contributed by atoms with Crippen LogP contribution in [0.1, 0.15) is 36.5 Å². The Morgan fingerprint density at radius 3 is 2.48 bits per heavy atom. The summed E-state index contributed by atoms with van der Waals surface area (Å²) < 4.78 is 22.8. The first-order valence-electron chi connectivity index (χ1n) is 6.43. The monoisotopic (exact) mass is 369 g/mol. The molecule has 1 fully saturated rings. The quantitative estimate of drug-likeness (QED) is 0.801. The Morgan fingerprint density at radius 2 is 1.95 bits per heavy atom. The fourth-order valence-corrected chi connectivity index (χ4v) is 3.93. The topological polar surface area (TPSA) is 63.2 Å². The SMILES string of the molecule is CC(CC1CC1)NC(=O)c1cc(S(=O)(=O)Cl)c(Cl)cc1Cl. The molecule has 1 aromatic rings. The van der Waals surface area contributed by atoms with E-state index < -0.39 is 15.0 Å². The second-order valence-corrected chi connectivity index (χ2v) is 8.60. The van der Waals surface area contributed by atoms with Gasteiger partial charge in [0.2, 0.25) is 0 Å². The van der Waals surface area contributed by atoms with Crippen molar-refractivity contribution in [3.63, 3.8) is 0 Å². The first-order chi connectivity index (χ1) is 9.68. The summed E-state index contributed by atoms with van der Waals surface area (Å²) >= 11 is 11.8. The van der Waals surface area contributed by atoms with Crippen LogP contribution in [0.25, 0.3) is 0 Å². The number of amides is 1. The molecule has 0 heterocycles. The normalized spacial score (nSPS) is 16.6. The maximum Gasteiger partial charge on any atom is 0.262 e. The van der Waals surface area contributed by atoms with E-state index in [-0.39, 0.29) is 26.5 Å². The lowest BCUT2D eigenvalue weighted by Gasteiger charge is -2.14. The molecule has 1 atom stereocenters. The summed E-state index contributed by atoms with van der Waals surface area (Å²) in [5.74, 6) is 0.228. The van der Waals surface area contributed by atoms with Crippen molar-refractivity contribution >= 4 is 48.8 Å². The van der Waals surface area contributed by atoms with Gasteiger partial charge in [0.25, 0.3) is 15.0 Å². The minimum atomic E-state index is -4.04. The van der Waals surface area contributed by atoms with E-state index in [4.69, 9.17) is 33.9 Å². The van der Waals surface area contributed by atoms with Crippen LogP contribution in [-0.4, -0.2) is 20.4 Å². The van der Waals surface area contributed by atoms with Crippen molar-refractivity contribution in [1.29, 1.82) is 0 Å². The summed E-state index contributed by atoms with van der Waals surface area (Å²) in [4.78, 5) is 11.9. The van der Waals surface area contributed by atoms with Gasteiger partial charge in [0.15, 0.2) is 0 Å². The molecule has 116 valence electrons. The number of carbonyl (C=O) groups excluding carboxylic acids is 1. The smallest absolute Gasteiger partial charge is 0.262 e. The van der Waals surface area contributed by atoms with Crippen molar-refractivity contribution in [2.24, 2.45) is 5.92 Å². The van der Waals surface area contributed by atoms with E-state index in [2.05, 4.69) is 5.32 Å². The predicted octanol–water partition coefficient (Wildman–Crippen LogP) is 3.84. The largest absolute Gasteiger partial charge is 0.350 e. The molecule has 4 nitrogen and oxygen atoms in total. The van der Waals surface area contributed by atoms with Gasteiger partial charge < -0.3 is 5.32 Å². The molecule has 21 heavy (non-hydrogen) atoms. The molecule has 1 aliphatic carbocycles. The third-order valence-electron chi connectivity index (χ3n) is 3.29. The Hall–Kier alpha value is -0.490. The Labute approximate surface area is 138 Å². The van der Waals surface area contributed by atoms with E-state index in [1.54, 1.807) is 0 Å². The molecule has 1 amide bonds. The minimum absolute atomic E-state index is 0.00666. The molecule has 1 N–H and O–H groups in total. The van der Waals surface area contributed by atoms with E-state index in [0.717, 1.165) is 12.5 Å². The summed E-state index contributed by atoms with van der Waals surface area (Å²) in [6.45, 7) is 1.90. The summed E-state index contributed by atoms with van der Waals surface area (Å²) in [6.07, 6.45) is 3.28. The van der Waals surface area contributed by atoms with Crippen LogP contribution < -0.4 is 5.32 Å². The van der Waals surface area contributed by atoms with Gasteiger partial charge in [-0.2, -0.15) is 0 Å². The van der Waals surface area contributed by atoms with Gasteiger partial charge in [-0.05, 0) is 31.4 Å². The van der Waals surface area contributed by atoms with Crippen LogP contribution in [0.15, 0.2) is 17.0 Å². The molecule has 1 aromatic carbocycles. The summed E-state index contributed by atoms with van der Waals surface area (Å²) in [5.41, 5.74) is 0.0444. The molecule has 0 saturated heterocycles. The van der Waals surface area contributed by atoms with E-state index in [1.807, 2.05) is 6.92 Å². The third kappa shape index (κ3) is 4.49. The molecule has 0 radical (unpaired) electrons. The minimum Gasteiger partial charge on any atom is -0.350 e. The van der Waals surface area contributed by atoms with Gasteiger partial charge in [-0.25, -0.2) is 8.42 Å². The van der Waals surface area contributed by atoms with Crippen LogP contribution >= 0.6 is 33.9 Å². The van der Waals surface area contributed by atoms with Gasteiger partial charge in [0.05, 0.1) is 15.6 Å². The Kier molecular flexibility index (Phi) is 5.08. The molecular weight excluding hydrogens is 357 g/mol. The predicted molar refractivity (Wildman–Crippen MR) is 83.8 cm³/mol. The fourth-order valence-electron chi connectivity index (χ4n) is 2.10. The average Bonchev–Trinajstić information content (AvgIpc) is 3.10. The molecule has 0 bridgehead atoms. The lowest BCUT2D eigenvalue weighted by Crippen LogP contribution is -2.33. The Bertz CT molecular complexity index is 671. The van der Waals surface area contributed by atoms with Gasteiger partial charge in [0, 0.05) is 16.7 Å². The molecular formula is C13H14Cl3NO3S. The Morgan fingerprint density at radius 1 is 1.33 bits per heavy atom. The molecule has 0 aliphatic heterocycles. The zero-order chi connectivity index (χ0) is 15.8. The number of hydrogen-bond acceptors (Lipinski definition) is 3. The van der Waals surface area contributed by atoms with E-state index in [1.165, 1.54) is 18.9 Å². The Balaban J connectivity index is 2.23. The van der Waals surface area contributed by atoms with Gasteiger partial charge >= 0.3 is 0 Å². The van der Waals surface area contributed by atoms with Gasteiger partial charge in [-0.15, -0.1) is 0 Å². The molecule has 0 aromatic heterocycles. The highest BCUT2D eigenvalue weighted by molar-refractivity contribution is 8.13. The number of halogens is 3. The lowest BCUT2D eigenvalue weighted by atomic mass is 10.1. The molecule has 0 spiro atoms. The first kappa shape index (κ1) is 16.9. The van der Waals surface area contributed by atoms with Gasteiger partial charge in [-0.3, -0.25) is 4.79 Å². The van der Waals surface area contributed by atoms with E-state index >= 15 is 0 Å². The molecule has 1 saturated carbocycles. The summed E-state index contributed by atoms with van der Waals surface area (Å²) in [5, 5.41) is 2.77. The third-order valence-corrected chi connectivity index (χ3v) is 5.39. The number of hydrogen-bond donors (Lipinski definition) is 1. The van der Waals surface area contributed by atoms with Crippen molar-refractivity contribution in [3.8, 4) is 0 Å². The first-order valence-corrected chi connectivity index (χ1v) is 9.49. The molecule has 1 aliphatic rings. The van der Waals surface area contributed by atoms with Crippen LogP contribution in [0.4, 0.5) is 0 Å². The van der Waals surface area contributed by atoms with Crippen molar-refractivity contribution < 1.29 is 13.2 Å². The second kappa shape index (κ2) is 6.32. The lowest BCUT2D eigenvalue weighted by molar-refractivity contribution is 0.0937. The number of benzene rings is 1. The van der Waals surface area contributed by atoms with Crippen LogP contribution in [-0.2, 0) is 9.05 Å². The zero-order valence-electron chi connectivity index (χ0n) is 11.2. The van der Waals surface area contributed by atoms with Crippen LogP contribution in [0.5, 0.6) is 0 Å². The average molecular weight is 371 g/mol. The van der Waals surface area contributed by atoms with Crippen molar-refractivity contribution in [2.75, 3.05) is 0 Å². The molecule has 2 rings (SSSR count). The zero-order valence-corrected chi connectivity index (χ0v) is 14.3. The highest BCUT2D eigenvalue weighted by Gasteiger charge is 2.26. The summed E-state index contributed by atoms with van der Waals surface area (Å²) in [6, 6.07) is 2.30. The van der Waals surface area contributed by atoms with Gasteiger partial charge in [0.1, 0.15) is 4.90 Å². The summed E-state index contributed by atoms with van der Waals surface area (Å²) in [7, 11) is 1.25. The van der Waals surface area contributed by atoms with Crippen LogP contribution in [0, 0.1) is 5.92 Å². The van der Waals surface area contributed by atoms with Crippen molar-refractivity contribution in [3.05, 3.63) is 27.7 Å². The number of rotatable bonds is 5. The second-order valence-electron chi connectivity index (χ2n) is 5.25. The van der Waals surface area contributed by atoms with Crippen molar-refractivity contribution in [1.82, 2.24) is 5.32 Å². The number of nitrogens with one attached hydrogen (secondary N) is 1. The van der Waals surface area contributed by atoms with Crippen LogP contribution in [0.2, 0.25) is 10.0 Å². The van der Waals surface area contributed by atoms with Crippen LogP contribution in [0.3, 0.4) is 0 Å². The highest BCUT2D eigenvalue weighted by atomic mass is 35.7. The fraction of sp³-hybridized carbons (Fsp3) is 0.462. The van der Waals surface area contributed by atoms with Gasteiger partial charge in [-0.1, -0.05) is 36.0 Å². The van der Waals surface area contributed by atoms with E-state index in [0.29, 0.717) is 5.92 Å². The van der Waals surface area contributed by atoms with Crippen molar-refractivity contribution in [2.45, 2.75) is 37.1 Å². The van der Waals surface area contributed by atoms with E-state index in [9.17, 15) is 13.2 Å². The highest BCUT2D eigenvalue weighted by Crippen LogP contribution is 2.34. The molecule has 1 unspecified atom stereocenters. The maximum atomic E-state index is 12.2. The number of carbonyl (C=O) groups is 1.